The van der Waals surface area contributed by atoms with Gasteiger partial charge in [-0.2, -0.15) is 12.1 Å². The van der Waals surface area contributed by atoms with Crippen molar-refractivity contribution in [1.29, 1.82) is 0 Å². The Morgan fingerprint density at radius 2 is 0.912 bits per heavy atom. The van der Waals surface area contributed by atoms with Crippen LogP contribution in [-0.2, 0) is 21.6 Å². The number of hydrogen-bond acceptors (Lipinski definition) is 0. The minimum atomic E-state index is -0.243. The number of fused-ring (bicyclic) bond motifs is 6. The van der Waals surface area contributed by atoms with E-state index in [1.165, 1.54) is 54.2 Å². The average molecular weight is 623 g/mol. The van der Waals surface area contributed by atoms with Gasteiger partial charge < -0.3 is 24.8 Å². The van der Waals surface area contributed by atoms with Gasteiger partial charge in [-0.15, -0.1) is 56.9 Å². The molecule has 0 nitrogen and oxygen atoms in total. The fraction of sp³-hybridized carbons (Fsp3) is 0.133. The van der Waals surface area contributed by atoms with Crippen molar-refractivity contribution in [3.8, 4) is 0 Å². The van der Waals surface area contributed by atoms with Gasteiger partial charge in [-0.3, -0.25) is 0 Å². The van der Waals surface area contributed by atoms with Crippen LogP contribution in [0.3, 0.4) is 0 Å². The van der Waals surface area contributed by atoms with Crippen LogP contribution in [0.15, 0.2) is 97.1 Å². The Morgan fingerprint density at radius 3 is 1.29 bits per heavy atom. The normalized spacial score (nSPS) is 10.1. The van der Waals surface area contributed by atoms with E-state index >= 15 is 0 Å². The zero-order valence-electron chi connectivity index (χ0n) is 20.0. The number of benzene rings is 4. The predicted molar refractivity (Wildman–Crippen MR) is 141 cm³/mol. The molecule has 0 radical (unpaired) electrons. The van der Waals surface area contributed by atoms with Crippen LogP contribution in [0.4, 0.5) is 0 Å². The van der Waals surface area contributed by atoms with Crippen molar-refractivity contribution < 1.29 is 46.4 Å². The van der Waals surface area contributed by atoms with E-state index in [4.69, 9.17) is 0 Å². The summed E-state index contributed by atoms with van der Waals surface area (Å²) in [5.41, 5.74) is 2.69. The van der Waals surface area contributed by atoms with E-state index in [2.05, 4.69) is 122 Å². The van der Waals surface area contributed by atoms with E-state index < -0.39 is 0 Å². The maximum atomic E-state index is 2.37. The van der Waals surface area contributed by atoms with E-state index in [1.807, 2.05) is 0 Å². The third-order valence-electron chi connectivity index (χ3n) is 5.52. The fourth-order valence-electron chi connectivity index (χ4n) is 4.23. The Kier molecular flexibility index (Phi) is 11.1. The first kappa shape index (κ1) is 28.9. The molecule has 0 N–H and O–H groups in total. The molecular formula is C30H28Cl2GeZr-2. The predicted octanol–water partition coefficient (Wildman–Crippen LogP) is 2.83. The number of aryl methyl sites for hydroxylation is 2. The van der Waals surface area contributed by atoms with Crippen molar-refractivity contribution in [2.75, 3.05) is 0 Å². The van der Waals surface area contributed by atoms with Gasteiger partial charge in [-0.25, -0.2) is 0 Å². The molecule has 6 rings (SSSR count). The van der Waals surface area contributed by atoms with Gasteiger partial charge in [0.1, 0.15) is 0 Å². The van der Waals surface area contributed by atoms with Gasteiger partial charge in [0.05, 0.1) is 0 Å². The van der Waals surface area contributed by atoms with Gasteiger partial charge in [0.2, 0.25) is 0 Å². The Hall–Kier alpha value is -1.37. The van der Waals surface area contributed by atoms with Gasteiger partial charge in [-0.05, 0) is 10.8 Å². The largest absolute Gasteiger partial charge is 1.00 e. The molecule has 0 saturated heterocycles. The van der Waals surface area contributed by atoms with Crippen molar-refractivity contribution in [2.45, 2.75) is 25.4 Å². The zero-order chi connectivity index (χ0) is 22.7. The molecule has 0 unspecified atom stereocenters. The number of rotatable bonds is 0. The monoisotopic (exact) mass is 622 g/mol. The summed E-state index contributed by atoms with van der Waals surface area (Å²) >= 11 is 1.80. The summed E-state index contributed by atoms with van der Waals surface area (Å²) in [6.07, 6.45) is 0. The maximum absolute atomic E-state index is 2.37. The van der Waals surface area contributed by atoms with Crippen molar-refractivity contribution >= 4 is 53.1 Å². The van der Waals surface area contributed by atoms with Gasteiger partial charge >= 0.3 is 43.1 Å². The molecule has 0 amide bonds. The van der Waals surface area contributed by atoms with Crippen LogP contribution in [-0.4, -0.2) is 9.98 Å². The van der Waals surface area contributed by atoms with Crippen molar-refractivity contribution in [3.63, 3.8) is 0 Å². The molecule has 0 saturated carbocycles. The molecule has 172 valence electrons. The molecule has 0 aliphatic heterocycles. The molecule has 0 heterocycles. The summed E-state index contributed by atoms with van der Waals surface area (Å²) in [4.78, 5) is 0. The average Bonchev–Trinajstić information content (AvgIpc) is 3.35. The first-order valence-corrected chi connectivity index (χ1v) is 22.7. The SMILES string of the molecule is Cc1cc2c(ccc3ccccc32)[cH-]1.Cc1cc2c(ccc3ccccc32)[cH-]1.[CH3][Ge]([CH3])=[Zr+2].[Cl-].[Cl-]. The van der Waals surface area contributed by atoms with E-state index in [9.17, 15) is 0 Å². The minimum absolute atomic E-state index is 0. The third-order valence-corrected chi connectivity index (χ3v) is 5.52. The smallest absolute Gasteiger partial charge is 1.00 e. The Balaban J connectivity index is 0.000000198. The van der Waals surface area contributed by atoms with Crippen LogP contribution in [0, 0.1) is 13.8 Å². The van der Waals surface area contributed by atoms with Crippen LogP contribution < -0.4 is 24.8 Å². The van der Waals surface area contributed by atoms with Gasteiger partial charge in [0.25, 0.3) is 0 Å². The molecule has 6 aromatic rings. The van der Waals surface area contributed by atoms with Crippen LogP contribution >= 0.6 is 0 Å². The Labute approximate surface area is 231 Å². The Bertz CT molecular complexity index is 1430. The van der Waals surface area contributed by atoms with Crippen LogP contribution in [0.2, 0.25) is 11.5 Å². The second-order valence-corrected chi connectivity index (χ2v) is 25.6. The molecule has 0 spiro atoms. The third kappa shape index (κ3) is 6.85. The maximum Gasteiger partial charge on any atom is -1.00 e. The molecule has 4 heteroatoms. The van der Waals surface area contributed by atoms with Crippen LogP contribution in [0.25, 0.3) is 43.1 Å². The van der Waals surface area contributed by atoms with E-state index in [-0.39, 0.29) is 34.8 Å². The number of hydrogen-bond donors (Lipinski definition) is 0. The summed E-state index contributed by atoms with van der Waals surface area (Å²) in [7, 11) is -0.243. The standard InChI is InChI=1S/2C14H11.C2H6Ge.2ClH.Zr/c2*1-10-8-12-7-6-11-4-2-3-5-13(11)14(12)9-10;1-3-2;;;/h2*2-9H,1H3;1-2H3;2*1H;/q2*-1;;;;+2/p-2. The molecule has 34 heavy (non-hydrogen) atoms. The van der Waals surface area contributed by atoms with E-state index in [0.29, 0.717) is 0 Å². The summed E-state index contributed by atoms with van der Waals surface area (Å²) in [6, 6.07) is 34.9. The first-order valence-electron chi connectivity index (χ1n) is 11.0. The van der Waals surface area contributed by atoms with E-state index in [0.717, 1.165) is 0 Å². The molecule has 0 fully saturated rings. The van der Waals surface area contributed by atoms with Gasteiger partial charge in [0.15, 0.2) is 0 Å². The quantitative estimate of drug-likeness (QED) is 0.181. The summed E-state index contributed by atoms with van der Waals surface area (Å²) in [5, 5.41) is 10.8. The van der Waals surface area contributed by atoms with Crippen LogP contribution in [0.1, 0.15) is 11.1 Å². The number of halogens is 2. The van der Waals surface area contributed by atoms with Gasteiger partial charge in [-0.1, -0.05) is 85.3 Å². The molecular weight excluding hydrogens is 595 g/mol. The summed E-state index contributed by atoms with van der Waals surface area (Å²) < 4.78 is 0. The molecule has 6 aromatic carbocycles. The van der Waals surface area contributed by atoms with Crippen LogP contribution in [0.5, 0.6) is 0 Å². The van der Waals surface area contributed by atoms with Crippen molar-refractivity contribution in [1.82, 2.24) is 0 Å². The van der Waals surface area contributed by atoms with E-state index in [1.54, 1.807) is 21.6 Å². The topological polar surface area (TPSA) is 0 Å². The molecule has 0 aromatic heterocycles. The summed E-state index contributed by atoms with van der Waals surface area (Å²) in [5.74, 6) is 4.75. The molecule has 0 atom stereocenters. The molecule has 0 aliphatic carbocycles. The van der Waals surface area contributed by atoms with Gasteiger partial charge in [0, 0.05) is 0 Å². The second kappa shape index (κ2) is 13.1. The fourth-order valence-corrected chi connectivity index (χ4v) is 4.23. The van der Waals surface area contributed by atoms with Crippen molar-refractivity contribution in [2.24, 2.45) is 0 Å². The molecule has 0 bridgehead atoms. The van der Waals surface area contributed by atoms with Crippen molar-refractivity contribution in [3.05, 3.63) is 108 Å². The minimum Gasteiger partial charge on any atom is -1.00 e. The zero-order valence-corrected chi connectivity index (χ0v) is 26.1. The Morgan fingerprint density at radius 1 is 0.559 bits per heavy atom. The summed E-state index contributed by atoms with van der Waals surface area (Å²) in [6.45, 7) is 4.30. The molecule has 0 aliphatic rings. The first-order chi connectivity index (χ1) is 15.4. The second-order valence-electron chi connectivity index (χ2n) is 8.64.